The van der Waals surface area contributed by atoms with Crippen molar-refractivity contribution in [3.8, 4) is 5.75 Å². The number of nitrogens with one attached hydrogen (secondary N) is 4. The Bertz CT molecular complexity index is 1720. The molecule has 4 rings (SSSR count). The van der Waals surface area contributed by atoms with E-state index in [1.54, 1.807) is 44.1 Å². The summed E-state index contributed by atoms with van der Waals surface area (Å²) in [5.74, 6) is 6.48. The van der Waals surface area contributed by atoms with Gasteiger partial charge >= 0.3 is 0 Å². The summed E-state index contributed by atoms with van der Waals surface area (Å²) < 4.78 is 19.4. The standard InChI is InChI=1S/C35H34ClFN4O6/c1-21(2)34(41-35(46)25-14-24-15-26(36)5-8-33(24)47-20-25)32(19-45)40-29(13-22-3-6-27(37)7-4-22)31(18-44)39-28(10-12-42)16-23-9-11-38-30(23)17-43/h3-8,10,14-15,21,23,28-29,34,38-40H,9,11,13,16,20H2,1-2H3,(H,41,46)/t23-,28+,29-,34-/m0/s1. The molecule has 0 radical (unpaired) electrons. The first-order valence-electron chi connectivity index (χ1n) is 15.1. The third-order valence-electron chi connectivity index (χ3n) is 7.97. The summed E-state index contributed by atoms with van der Waals surface area (Å²) >= 11 is 6.11. The van der Waals surface area contributed by atoms with E-state index < -0.39 is 29.8 Å². The lowest BCUT2D eigenvalue weighted by Gasteiger charge is -2.30. The molecular weight excluding hydrogens is 627 g/mol. The van der Waals surface area contributed by atoms with E-state index in [1.165, 1.54) is 30.3 Å². The fourth-order valence-corrected chi connectivity index (χ4v) is 5.70. The quantitative estimate of drug-likeness (QED) is 0.225. The third kappa shape index (κ3) is 9.21. The number of halogens is 2. The molecule has 2 aliphatic heterocycles. The van der Waals surface area contributed by atoms with Crippen LogP contribution in [0.15, 0.2) is 71.2 Å². The van der Waals surface area contributed by atoms with Crippen LogP contribution in [0.1, 0.15) is 37.8 Å². The summed E-state index contributed by atoms with van der Waals surface area (Å²) in [7, 11) is 0. The van der Waals surface area contributed by atoms with E-state index in [1.807, 2.05) is 17.8 Å². The maximum Gasteiger partial charge on any atom is 0.251 e. The molecule has 1 saturated heterocycles. The Morgan fingerprint density at radius 3 is 2.47 bits per heavy atom. The van der Waals surface area contributed by atoms with Gasteiger partial charge in [0.1, 0.15) is 53.3 Å². The van der Waals surface area contributed by atoms with Crippen LogP contribution in [0.2, 0.25) is 5.02 Å². The topological polar surface area (TPSA) is 143 Å². The molecule has 2 aliphatic rings. The smallest absolute Gasteiger partial charge is 0.251 e. The molecule has 2 aromatic carbocycles. The lowest BCUT2D eigenvalue weighted by atomic mass is 9.95. The largest absolute Gasteiger partial charge is 0.488 e. The Morgan fingerprint density at radius 2 is 1.81 bits per heavy atom. The highest BCUT2D eigenvalue weighted by atomic mass is 35.5. The maximum atomic E-state index is 13.7. The molecule has 10 nitrogen and oxygen atoms in total. The van der Waals surface area contributed by atoms with E-state index in [2.05, 4.69) is 21.3 Å². The third-order valence-corrected chi connectivity index (χ3v) is 8.20. The second-order valence-corrected chi connectivity index (χ2v) is 12.0. The molecule has 2 heterocycles. The Morgan fingerprint density at radius 1 is 1.06 bits per heavy atom. The van der Waals surface area contributed by atoms with Crippen LogP contribution in [-0.4, -0.2) is 60.9 Å². The molecule has 4 atom stereocenters. The van der Waals surface area contributed by atoms with Crippen molar-refractivity contribution in [3.63, 3.8) is 0 Å². The number of ether oxygens (including phenoxy) is 1. The maximum absolute atomic E-state index is 13.7. The number of hydrogen-bond donors (Lipinski definition) is 4. The van der Waals surface area contributed by atoms with Gasteiger partial charge in [-0.2, -0.15) is 0 Å². The van der Waals surface area contributed by atoms with E-state index in [0.29, 0.717) is 46.1 Å². The van der Waals surface area contributed by atoms with Crippen molar-refractivity contribution in [1.29, 1.82) is 0 Å². The second kappa shape index (κ2) is 16.4. The fraction of sp³-hybridized carbons (Fsp3) is 0.343. The van der Waals surface area contributed by atoms with E-state index >= 15 is 0 Å². The van der Waals surface area contributed by atoms with Gasteiger partial charge in [-0.3, -0.25) is 4.79 Å². The van der Waals surface area contributed by atoms with Crippen LogP contribution in [0.5, 0.6) is 5.75 Å². The van der Waals surface area contributed by atoms with E-state index in [4.69, 9.17) is 16.3 Å². The van der Waals surface area contributed by atoms with Gasteiger partial charge in [0, 0.05) is 29.1 Å². The Labute approximate surface area is 276 Å². The Kier molecular flexibility index (Phi) is 12.1. The van der Waals surface area contributed by atoms with Crippen molar-refractivity contribution in [2.75, 3.05) is 13.2 Å². The SMILES string of the molecule is CC(C)[C@H](NC(=O)C1=Cc2cc(Cl)ccc2OC1)C(=C=O)N[C@@H](Cc1ccc(F)cc1)C(=C=O)N[C@H](C=C=O)C[C@@H]1CCNC1=C=O. The number of rotatable bonds is 14. The minimum atomic E-state index is -0.954. The van der Waals surface area contributed by atoms with Crippen molar-refractivity contribution in [2.45, 2.75) is 51.2 Å². The first-order valence-corrected chi connectivity index (χ1v) is 15.4. The summed E-state index contributed by atoms with van der Waals surface area (Å²) in [5, 5.41) is 12.4. The molecule has 244 valence electrons. The zero-order valence-corrected chi connectivity index (χ0v) is 26.6. The summed E-state index contributed by atoms with van der Waals surface area (Å²) in [6, 6.07) is 8.11. The van der Waals surface area contributed by atoms with E-state index in [9.17, 15) is 28.4 Å². The highest BCUT2D eigenvalue weighted by Crippen LogP contribution is 2.29. The van der Waals surface area contributed by atoms with Gasteiger partial charge in [0.25, 0.3) is 5.91 Å². The number of carbonyl (C=O) groups is 1. The monoisotopic (exact) mass is 660 g/mol. The minimum Gasteiger partial charge on any atom is -0.488 e. The van der Waals surface area contributed by atoms with E-state index in [-0.39, 0.29) is 42.7 Å². The van der Waals surface area contributed by atoms with Gasteiger partial charge in [-0.25, -0.2) is 23.6 Å². The zero-order chi connectivity index (χ0) is 33.9. The molecule has 1 amide bonds. The number of fused-ring (bicyclic) bond motifs is 1. The molecule has 0 unspecified atom stereocenters. The summed E-state index contributed by atoms with van der Waals surface area (Å²) in [5.41, 5.74) is 1.83. The van der Waals surface area contributed by atoms with Crippen LogP contribution in [0.4, 0.5) is 4.39 Å². The number of carbonyl (C=O) groups excluding carboxylic acids is 5. The van der Waals surface area contributed by atoms with Crippen LogP contribution >= 0.6 is 11.6 Å². The van der Waals surface area contributed by atoms with Crippen molar-refractivity contribution < 1.29 is 33.1 Å². The van der Waals surface area contributed by atoms with Crippen LogP contribution in [0.3, 0.4) is 0 Å². The van der Waals surface area contributed by atoms with Crippen molar-refractivity contribution in [3.05, 3.63) is 93.2 Å². The summed E-state index contributed by atoms with van der Waals surface area (Å²) in [4.78, 5) is 61.1. The van der Waals surface area contributed by atoms with Gasteiger partial charge in [0.2, 0.25) is 0 Å². The van der Waals surface area contributed by atoms with Gasteiger partial charge in [0.15, 0.2) is 0 Å². The molecule has 0 spiro atoms. The highest BCUT2D eigenvalue weighted by Gasteiger charge is 2.30. The molecule has 2 aromatic rings. The molecule has 12 heteroatoms. The average Bonchev–Trinajstić information content (AvgIpc) is 3.52. The second-order valence-electron chi connectivity index (χ2n) is 11.6. The first-order chi connectivity index (χ1) is 22.6. The number of allylic oxidation sites excluding steroid dienone is 1. The van der Waals surface area contributed by atoms with Gasteiger partial charge in [-0.05, 0) is 67.2 Å². The van der Waals surface area contributed by atoms with Gasteiger partial charge in [-0.15, -0.1) is 0 Å². The number of amides is 1. The van der Waals surface area contributed by atoms with Crippen LogP contribution in [0.25, 0.3) is 6.08 Å². The molecule has 4 N–H and O–H groups in total. The van der Waals surface area contributed by atoms with Crippen molar-refractivity contribution in [1.82, 2.24) is 21.3 Å². The molecule has 0 aromatic heterocycles. The molecule has 0 aliphatic carbocycles. The molecule has 1 fully saturated rings. The number of hydrogen-bond acceptors (Lipinski definition) is 9. The normalized spacial score (nSPS) is 16.7. The van der Waals surface area contributed by atoms with Gasteiger partial charge < -0.3 is 26.0 Å². The van der Waals surface area contributed by atoms with Crippen LogP contribution in [-0.2, 0) is 30.4 Å². The van der Waals surface area contributed by atoms with Crippen LogP contribution in [0, 0.1) is 17.7 Å². The van der Waals surface area contributed by atoms with Gasteiger partial charge in [-0.1, -0.05) is 37.6 Å². The van der Waals surface area contributed by atoms with Crippen molar-refractivity contribution >= 4 is 47.3 Å². The Hall–Kier alpha value is -5.13. The predicted octanol–water partition coefficient (Wildman–Crippen LogP) is 3.09. The van der Waals surface area contributed by atoms with Crippen molar-refractivity contribution in [2.24, 2.45) is 11.8 Å². The predicted molar refractivity (Wildman–Crippen MR) is 174 cm³/mol. The summed E-state index contributed by atoms with van der Waals surface area (Å²) in [6.45, 7) is 4.16. The zero-order valence-electron chi connectivity index (χ0n) is 25.8. The molecule has 0 bridgehead atoms. The summed E-state index contributed by atoms with van der Waals surface area (Å²) in [6.07, 6.45) is 3.84. The molecule has 47 heavy (non-hydrogen) atoms. The average molecular weight is 661 g/mol. The lowest BCUT2D eigenvalue weighted by molar-refractivity contribution is -0.118. The fourth-order valence-electron chi connectivity index (χ4n) is 5.52. The Balaban J connectivity index is 1.60. The first kappa shape index (κ1) is 34.7. The molecular formula is C35H34ClFN4O6. The number of benzene rings is 2. The lowest BCUT2D eigenvalue weighted by Crippen LogP contribution is -2.49. The van der Waals surface area contributed by atoms with E-state index in [0.717, 1.165) is 0 Å². The minimum absolute atomic E-state index is 0.00283. The van der Waals surface area contributed by atoms with Gasteiger partial charge in [0.05, 0.1) is 29.4 Å². The van der Waals surface area contributed by atoms with Crippen LogP contribution < -0.4 is 26.0 Å². The highest BCUT2D eigenvalue weighted by molar-refractivity contribution is 6.30. The molecule has 0 saturated carbocycles.